The summed E-state index contributed by atoms with van der Waals surface area (Å²) in [6.45, 7) is 6.36. The van der Waals surface area contributed by atoms with E-state index in [9.17, 15) is 4.79 Å². The summed E-state index contributed by atoms with van der Waals surface area (Å²) in [5.41, 5.74) is -0.253. The van der Waals surface area contributed by atoms with Gasteiger partial charge < -0.3 is 4.90 Å². The predicted molar refractivity (Wildman–Crippen MR) is 58.7 cm³/mol. The Morgan fingerprint density at radius 3 is 2.47 bits per heavy atom. The number of amides is 1. The van der Waals surface area contributed by atoms with Gasteiger partial charge in [-0.25, -0.2) is 5.32 Å². The zero-order chi connectivity index (χ0) is 10.9. The lowest BCUT2D eigenvalue weighted by Gasteiger charge is -2.37. The highest BCUT2D eigenvalue weighted by molar-refractivity contribution is 5.86. The highest BCUT2D eigenvalue weighted by Crippen LogP contribution is 2.29. The van der Waals surface area contributed by atoms with Crippen LogP contribution in [-0.4, -0.2) is 61.0 Å². The fourth-order valence-corrected chi connectivity index (χ4v) is 2.52. The Balaban J connectivity index is 2.05. The molecule has 4 heteroatoms. The number of carbonyl (C=O) groups is 1. The summed E-state index contributed by atoms with van der Waals surface area (Å²) >= 11 is 0. The molecule has 2 saturated heterocycles. The van der Waals surface area contributed by atoms with E-state index < -0.39 is 0 Å². The molecule has 1 atom stereocenters. The van der Waals surface area contributed by atoms with Crippen LogP contribution in [-0.2, 0) is 4.79 Å². The van der Waals surface area contributed by atoms with Crippen LogP contribution >= 0.6 is 0 Å². The van der Waals surface area contributed by atoms with Crippen molar-refractivity contribution in [1.82, 2.24) is 15.1 Å². The first kappa shape index (κ1) is 10.9. The fraction of sp³-hybridized carbons (Fsp3) is 0.909. The molecular weight excluding hydrogens is 190 g/mol. The average Bonchev–Trinajstić information content (AvgIpc) is 2.61. The highest BCUT2D eigenvalue weighted by Gasteiger charge is 2.43. The van der Waals surface area contributed by atoms with Crippen LogP contribution in [0.15, 0.2) is 0 Å². The molecule has 2 fully saturated rings. The van der Waals surface area contributed by atoms with Crippen LogP contribution < -0.4 is 5.32 Å². The molecule has 2 heterocycles. The van der Waals surface area contributed by atoms with Crippen LogP contribution in [0, 0.1) is 0 Å². The lowest BCUT2D eigenvalue weighted by molar-refractivity contribution is -0.141. The number of likely N-dealkylation sites (N-methyl/N-ethyl adjacent to an activating group) is 1. The van der Waals surface area contributed by atoms with Gasteiger partial charge >= 0.3 is 0 Å². The van der Waals surface area contributed by atoms with Gasteiger partial charge in [0.1, 0.15) is 0 Å². The van der Waals surface area contributed by atoms with Crippen molar-refractivity contribution in [2.24, 2.45) is 0 Å². The lowest BCUT2D eigenvalue weighted by atomic mass is 9.97. The molecule has 1 unspecified atom stereocenters. The van der Waals surface area contributed by atoms with Crippen LogP contribution in [0.4, 0.5) is 0 Å². The second-order valence-corrected chi connectivity index (χ2v) is 4.76. The Morgan fingerprint density at radius 2 is 1.93 bits per heavy atom. The zero-order valence-corrected chi connectivity index (χ0v) is 9.70. The number of piperazine rings is 1. The molecule has 15 heavy (non-hydrogen) atoms. The van der Waals surface area contributed by atoms with Crippen LogP contribution in [0.25, 0.3) is 0 Å². The number of hydrogen-bond donors (Lipinski definition) is 0. The Labute approximate surface area is 91.6 Å². The van der Waals surface area contributed by atoms with Crippen LogP contribution in [0.1, 0.15) is 19.8 Å². The zero-order valence-electron chi connectivity index (χ0n) is 9.70. The molecule has 0 aromatic carbocycles. The van der Waals surface area contributed by atoms with Crippen LogP contribution in [0.3, 0.4) is 0 Å². The van der Waals surface area contributed by atoms with E-state index >= 15 is 0 Å². The second kappa shape index (κ2) is 4.10. The Kier molecular flexibility index (Phi) is 2.98. The maximum atomic E-state index is 12.4. The van der Waals surface area contributed by atoms with Gasteiger partial charge in [-0.1, -0.05) is 0 Å². The van der Waals surface area contributed by atoms with E-state index in [-0.39, 0.29) is 5.54 Å². The topological polar surface area (TPSA) is 37.7 Å². The minimum Gasteiger partial charge on any atom is -0.338 e. The van der Waals surface area contributed by atoms with Gasteiger partial charge in [-0.05, 0) is 33.4 Å². The molecule has 0 N–H and O–H groups in total. The van der Waals surface area contributed by atoms with Gasteiger partial charge in [0.2, 0.25) is 5.91 Å². The van der Waals surface area contributed by atoms with Crippen molar-refractivity contribution in [2.75, 3.05) is 39.8 Å². The monoisotopic (exact) mass is 210 g/mol. The molecule has 0 aromatic heterocycles. The minimum atomic E-state index is -0.253. The first-order valence-corrected chi connectivity index (χ1v) is 5.78. The lowest BCUT2D eigenvalue weighted by Crippen LogP contribution is -2.56. The van der Waals surface area contributed by atoms with Crippen molar-refractivity contribution < 1.29 is 4.79 Å². The molecule has 1 amide bonds. The summed E-state index contributed by atoms with van der Waals surface area (Å²) in [4.78, 5) is 16.6. The molecule has 0 saturated carbocycles. The smallest absolute Gasteiger partial charge is 0.242 e. The molecule has 0 spiro atoms. The van der Waals surface area contributed by atoms with Crippen molar-refractivity contribution in [3.8, 4) is 0 Å². The molecule has 0 bridgehead atoms. The third kappa shape index (κ3) is 1.88. The van der Waals surface area contributed by atoms with Crippen molar-refractivity contribution in [3.63, 3.8) is 0 Å². The summed E-state index contributed by atoms with van der Waals surface area (Å²) in [7, 11) is 2.05. The van der Waals surface area contributed by atoms with Gasteiger partial charge in [-0.2, -0.15) is 0 Å². The van der Waals surface area contributed by atoms with Crippen molar-refractivity contribution in [1.29, 1.82) is 0 Å². The van der Waals surface area contributed by atoms with E-state index in [4.69, 9.17) is 0 Å². The molecule has 1 radical (unpaired) electrons. The summed E-state index contributed by atoms with van der Waals surface area (Å²) in [5, 5.41) is 4.27. The third-order valence-electron chi connectivity index (χ3n) is 3.80. The fourth-order valence-electron chi connectivity index (χ4n) is 2.52. The first-order chi connectivity index (χ1) is 7.14. The number of nitrogens with zero attached hydrogens (tertiary/aromatic N) is 3. The van der Waals surface area contributed by atoms with Gasteiger partial charge in [0.25, 0.3) is 0 Å². The number of hydrogen-bond acceptors (Lipinski definition) is 2. The van der Waals surface area contributed by atoms with E-state index in [0.29, 0.717) is 5.91 Å². The SMILES string of the molecule is CN1CCCC1(C)C(=O)N1CC[N]CC1. The van der Waals surface area contributed by atoms with Gasteiger partial charge in [0.15, 0.2) is 0 Å². The average molecular weight is 210 g/mol. The van der Waals surface area contributed by atoms with Crippen molar-refractivity contribution in [3.05, 3.63) is 0 Å². The molecule has 85 valence electrons. The van der Waals surface area contributed by atoms with E-state index in [2.05, 4.69) is 24.2 Å². The number of likely N-dealkylation sites (tertiary alicyclic amines) is 1. The Hall–Kier alpha value is -0.610. The predicted octanol–water partition coefficient (Wildman–Crippen LogP) is -0.0827. The summed E-state index contributed by atoms with van der Waals surface area (Å²) in [5.74, 6) is 0.303. The van der Waals surface area contributed by atoms with Gasteiger partial charge in [-0.15, -0.1) is 0 Å². The molecule has 0 aliphatic carbocycles. The van der Waals surface area contributed by atoms with E-state index in [1.165, 1.54) is 0 Å². The van der Waals surface area contributed by atoms with Crippen molar-refractivity contribution >= 4 is 5.91 Å². The van der Waals surface area contributed by atoms with Crippen LogP contribution in [0.5, 0.6) is 0 Å². The maximum Gasteiger partial charge on any atom is 0.242 e. The molecule has 2 aliphatic rings. The van der Waals surface area contributed by atoms with E-state index in [1.54, 1.807) is 0 Å². The Morgan fingerprint density at radius 1 is 1.27 bits per heavy atom. The van der Waals surface area contributed by atoms with Gasteiger partial charge in [0, 0.05) is 26.2 Å². The summed E-state index contributed by atoms with van der Waals surface area (Å²) in [6, 6.07) is 0. The molecule has 2 rings (SSSR count). The van der Waals surface area contributed by atoms with Gasteiger partial charge in [-0.3, -0.25) is 9.69 Å². The quantitative estimate of drug-likeness (QED) is 0.607. The maximum absolute atomic E-state index is 12.4. The van der Waals surface area contributed by atoms with Crippen LogP contribution in [0.2, 0.25) is 0 Å². The molecule has 4 nitrogen and oxygen atoms in total. The van der Waals surface area contributed by atoms with Crippen molar-refractivity contribution in [2.45, 2.75) is 25.3 Å². The Bertz CT molecular complexity index is 250. The molecule has 0 aromatic rings. The largest absolute Gasteiger partial charge is 0.338 e. The number of carbonyl (C=O) groups excluding carboxylic acids is 1. The third-order valence-corrected chi connectivity index (χ3v) is 3.80. The van der Waals surface area contributed by atoms with E-state index in [1.807, 2.05) is 4.90 Å². The van der Waals surface area contributed by atoms with Gasteiger partial charge in [0.05, 0.1) is 5.54 Å². The minimum absolute atomic E-state index is 0.253. The summed E-state index contributed by atoms with van der Waals surface area (Å²) < 4.78 is 0. The second-order valence-electron chi connectivity index (χ2n) is 4.76. The van der Waals surface area contributed by atoms with E-state index in [0.717, 1.165) is 45.6 Å². The molecule has 2 aliphatic heterocycles. The first-order valence-electron chi connectivity index (χ1n) is 5.78. The standard InChI is InChI=1S/C11H20N3O/c1-11(4-3-7-13(11)2)10(15)14-8-5-12-6-9-14/h3-9H2,1-2H3. The highest BCUT2D eigenvalue weighted by atomic mass is 16.2. The summed E-state index contributed by atoms with van der Waals surface area (Å²) in [6.07, 6.45) is 2.13. The molecular formula is C11H20N3O. The number of rotatable bonds is 1. The normalized spacial score (nSPS) is 33.3.